The number of carbonyl (C=O) groups excluding carboxylic acids is 1. The van der Waals surface area contributed by atoms with Gasteiger partial charge < -0.3 is 9.47 Å². The van der Waals surface area contributed by atoms with Crippen LogP contribution in [0.3, 0.4) is 0 Å². The lowest BCUT2D eigenvalue weighted by Gasteiger charge is -2.18. The predicted octanol–water partition coefficient (Wildman–Crippen LogP) is 3.57. The summed E-state index contributed by atoms with van der Waals surface area (Å²) in [5.74, 6) is 0.716. The molecule has 0 radical (unpaired) electrons. The van der Waals surface area contributed by atoms with Crippen molar-refractivity contribution in [3.8, 4) is 11.5 Å². The molecule has 178 valence electrons. The van der Waals surface area contributed by atoms with Gasteiger partial charge in [-0.05, 0) is 42.8 Å². The number of hydrazone groups is 1. The van der Waals surface area contributed by atoms with Crippen molar-refractivity contribution in [3.05, 3.63) is 89.5 Å². The van der Waals surface area contributed by atoms with E-state index in [1.807, 2.05) is 13.0 Å². The molecule has 3 rings (SSSR count). The molecule has 1 atom stereocenters. The molecule has 0 aliphatic carbocycles. The van der Waals surface area contributed by atoms with E-state index in [4.69, 9.17) is 9.47 Å². The predicted molar refractivity (Wildman–Crippen MR) is 131 cm³/mol. The van der Waals surface area contributed by atoms with E-state index in [-0.39, 0.29) is 11.3 Å². The molecule has 0 spiro atoms. The lowest BCUT2D eigenvalue weighted by molar-refractivity contribution is -0.121. The fourth-order valence-electron chi connectivity index (χ4n) is 3.23. The summed E-state index contributed by atoms with van der Waals surface area (Å²) < 4.78 is 39.0. The second-order valence-corrected chi connectivity index (χ2v) is 9.22. The lowest BCUT2D eigenvalue weighted by Crippen LogP contribution is -2.32. The van der Waals surface area contributed by atoms with Crippen LogP contribution in [0.4, 0.5) is 0 Å². The van der Waals surface area contributed by atoms with Gasteiger partial charge in [0.1, 0.15) is 11.5 Å². The molecule has 2 N–H and O–H groups in total. The van der Waals surface area contributed by atoms with E-state index < -0.39 is 22.0 Å². The summed E-state index contributed by atoms with van der Waals surface area (Å²) in [5.41, 5.74) is 4.67. The Balaban J connectivity index is 1.75. The summed E-state index contributed by atoms with van der Waals surface area (Å²) in [6.45, 7) is 1.88. The minimum absolute atomic E-state index is 0.127. The van der Waals surface area contributed by atoms with E-state index in [1.165, 1.54) is 25.5 Å². The van der Waals surface area contributed by atoms with Crippen molar-refractivity contribution < 1.29 is 22.7 Å². The summed E-state index contributed by atoms with van der Waals surface area (Å²) in [7, 11) is -0.771. The lowest BCUT2D eigenvalue weighted by atomic mass is 10.0. The van der Waals surface area contributed by atoms with Crippen LogP contribution in [0.1, 0.15) is 29.2 Å². The summed E-state index contributed by atoms with van der Waals surface area (Å²) in [5, 5.41) is 4.00. The van der Waals surface area contributed by atoms with Crippen molar-refractivity contribution in [2.75, 3.05) is 14.2 Å². The molecule has 0 aliphatic rings. The van der Waals surface area contributed by atoms with Gasteiger partial charge in [0.2, 0.25) is 15.9 Å². The van der Waals surface area contributed by atoms with E-state index in [2.05, 4.69) is 15.2 Å². The van der Waals surface area contributed by atoms with Crippen LogP contribution in [0.2, 0.25) is 0 Å². The molecule has 8 nitrogen and oxygen atoms in total. The molecule has 0 heterocycles. The van der Waals surface area contributed by atoms with E-state index >= 15 is 0 Å². The van der Waals surface area contributed by atoms with Gasteiger partial charge in [0.25, 0.3) is 0 Å². The molecule has 0 saturated heterocycles. The number of nitrogens with one attached hydrogen (secondary N) is 2. The maximum Gasteiger partial charge on any atom is 0.242 e. The summed E-state index contributed by atoms with van der Waals surface area (Å²) in [4.78, 5) is 12.8. The zero-order valence-corrected chi connectivity index (χ0v) is 20.0. The Bertz CT molecular complexity index is 1240. The van der Waals surface area contributed by atoms with Crippen molar-refractivity contribution in [1.29, 1.82) is 0 Å². The topological polar surface area (TPSA) is 106 Å². The van der Waals surface area contributed by atoms with Crippen molar-refractivity contribution in [3.63, 3.8) is 0 Å². The average molecular weight is 482 g/mol. The van der Waals surface area contributed by atoms with Crippen LogP contribution in [0, 0.1) is 6.92 Å². The van der Waals surface area contributed by atoms with Crippen molar-refractivity contribution in [2.45, 2.75) is 24.3 Å². The highest BCUT2D eigenvalue weighted by Gasteiger charge is 2.23. The number of amides is 1. The van der Waals surface area contributed by atoms with Crippen molar-refractivity contribution in [1.82, 2.24) is 10.1 Å². The number of hydrogen-bond donors (Lipinski definition) is 2. The SMILES string of the molecule is COc1ccc(OC)c(/C=N\NC(=O)C[C@H](NS(=O)(=O)c2ccc(C)cc2)c2ccccc2)c1. The molecule has 0 aromatic heterocycles. The van der Waals surface area contributed by atoms with Crippen LogP contribution in [0.5, 0.6) is 11.5 Å². The Hall–Kier alpha value is -3.69. The molecular formula is C25H27N3O5S. The van der Waals surface area contributed by atoms with Crippen molar-refractivity contribution >= 4 is 22.1 Å². The Kier molecular flexibility index (Phi) is 8.39. The average Bonchev–Trinajstić information content (AvgIpc) is 2.84. The molecular weight excluding hydrogens is 454 g/mol. The smallest absolute Gasteiger partial charge is 0.242 e. The van der Waals surface area contributed by atoms with Gasteiger partial charge in [-0.15, -0.1) is 0 Å². The number of aryl methyl sites for hydroxylation is 1. The molecule has 3 aromatic carbocycles. The van der Waals surface area contributed by atoms with Gasteiger partial charge in [-0.3, -0.25) is 4.79 Å². The highest BCUT2D eigenvalue weighted by atomic mass is 32.2. The zero-order chi connectivity index (χ0) is 24.6. The Morgan fingerprint density at radius 2 is 1.71 bits per heavy atom. The third kappa shape index (κ3) is 6.66. The molecule has 0 aliphatic heterocycles. The molecule has 34 heavy (non-hydrogen) atoms. The van der Waals surface area contributed by atoms with Crippen LogP contribution in [-0.2, 0) is 14.8 Å². The minimum atomic E-state index is -3.85. The Morgan fingerprint density at radius 1 is 1.00 bits per heavy atom. The second kappa shape index (κ2) is 11.4. The molecule has 3 aromatic rings. The molecule has 0 bridgehead atoms. The summed E-state index contributed by atoms with van der Waals surface area (Å²) in [6.07, 6.45) is 1.29. The second-order valence-electron chi connectivity index (χ2n) is 7.50. The first-order valence-corrected chi connectivity index (χ1v) is 12.0. The van der Waals surface area contributed by atoms with E-state index in [0.717, 1.165) is 5.56 Å². The van der Waals surface area contributed by atoms with E-state index in [1.54, 1.807) is 61.7 Å². The molecule has 9 heteroatoms. The highest BCUT2D eigenvalue weighted by Crippen LogP contribution is 2.23. The van der Waals surface area contributed by atoms with Crippen LogP contribution < -0.4 is 19.6 Å². The van der Waals surface area contributed by atoms with Crippen LogP contribution >= 0.6 is 0 Å². The fourth-order valence-corrected chi connectivity index (χ4v) is 4.46. The standard InChI is InChI=1S/C25H27N3O5S/c1-18-9-12-22(13-10-18)34(30,31)28-23(19-7-5-4-6-8-19)16-25(29)27-26-17-20-15-21(32-2)11-14-24(20)33-3/h4-15,17,23,28H,16H2,1-3H3,(H,27,29)/b26-17-/t23-/m0/s1. The number of methoxy groups -OCH3 is 2. The van der Waals surface area contributed by atoms with Crippen LogP contribution in [-0.4, -0.2) is 34.8 Å². The first kappa shape index (κ1) is 24.9. The first-order chi connectivity index (χ1) is 16.3. The summed E-state index contributed by atoms with van der Waals surface area (Å²) >= 11 is 0. The van der Waals surface area contributed by atoms with Gasteiger partial charge in [0.15, 0.2) is 0 Å². The normalized spacial score (nSPS) is 12.3. The number of hydrogen-bond acceptors (Lipinski definition) is 6. The fraction of sp³-hybridized carbons (Fsp3) is 0.200. The first-order valence-electron chi connectivity index (χ1n) is 10.5. The number of rotatable bonds is 10. The number of benzene rings is 3. The van der Waals surface area contributed by atoms with E-state index in [9.17, 15) is 13.2 Å². The van der Waals surface area contributed by atoms with Gasteiger partial charge in [0, 0.05) is 12.0 Å². The molecule has 0 saturated carbocycles. The number of sulfonamides is 1. The molecule has 1 amide bonds. The maximum atomic E-state index is 12.9. The van der Waals surface area contributed by atoms with Crippen molar-refractivity contribution in [2.24, 2.45) is 5.10 Å². The van der Waals surface area contributed by atoms with Crippen LogP contribution in [0.15, 0.2) is 82.8 Å². The Morgan fingerprint density at radius 3 is 2.35 bits per heavy atom. The van der Waals surface area contributed by atoms with Crippen LogP contribution in [0.25, 0.3) is 0 Å². The van der Waals surface area contributed by atoms with Gasteiger partial charge in [-0.25, -0.2) is 18.6 Å². The third-order valence-electron chi connectivity index (χ3n) is 5.05. The van der Waals surface area contributed by atoms with Gasteiger partial charge in [0.05, 0.1) is 31.4 Å². The number of nitrogens with zero attached hydrogens (tertiary/aromatic N) is 1. The summed E-state index contributed by atoms with van der Waals surface area (Å²) in [6, 6.07) is 19.8. The third-order valence-corrected chi connectivity index (χ3v) is 6.54. The maximum absolute atomic E-state index is 12.9. The van der Waals surface area contributed by atoms with Gasteiger partial charge in [-0.1, -0.05) is 48.0 Å². The largest absolute Gasteiger partial charge is 0.497 e. The highest BCUT2D eigenvalue weighted by molar-refractivity contribution is 7.89. The molecule has 0 fully saturated rings. The quantitative estimate of drug-likeness (QED) is 0.340. The van der Waals surface area contributed by atoms with Gasteiger partial charge in [-0.2, -0.15) is 5.10 Å². The number of ether oxygens (including phenoxy) is 2. The van der Waals surface area contributed by atoms with E-state index in [0.29, 0.717) is 22.6 Å². The Labute approximate surface area is 199 Å². The number of carbonyl (C=O) groups is 1. The van der Waals surface area contributed by atoms with Gasteiger partial charge >= 0.3 is 0 Å². The minimum Gasteiger partial charge on any atom is -0.497 e. The zero-order valence-electron chi connectivity index (χ0n) is 19.2. The monoisotopic (exact) mass is 481 g/mol. The molecule has 0 unspecified atom stereocenters.